The van der Waals surface area contributed by atoms with Crippen molar-refractivity contribution in [3.05, 3.63) is 113 Å². The van der Waals surface area contributed by atoms with E-state index in [1.807, 2.05) is 106 Å². The van der Waals surface area contributed by atoms with Crippen LogP contribution in [0.3, 0.4) is 0 Å². The van der Waals surface area contributed by atoms with Crippen LogP contribution in [0.1, 0.15) is 109 Å². The molecule has 4 aromatic rings. The van der Waals surface area contributed by atoms with Gasteiger partial charge in [0.15, 0.2) is 6.10 Å². The first kappa shape index (κ1) is 49.0. The van der Waals surface area contributed by atoms with Crippen LogP contribution < -0.4 is 26.7 Å². The Kier molecular flexibility index (Phi) is 18.4. The van der Waals surface area contributed by atoms with E-state index in [9.17, 15) is 19.2 Å². The number of nitrogens with one attached hydrogen (secondary N) is 2. The number of benzene rings is 3. The molecule has 11 nitrogen and oxygen atoms in total. The Morgan fingerprint density at radius 3 is 1.97 bits per heavy atom. The minimum atomic E-state index is -2.83. The lowest BCUT2D eigenvalue weighted by molar-refractivity contribution is -0.149. The summed E-state index contributed by atoms with van der Waals surface area (Å²) in [5.41, 5.74) is 7.43. The molecule has 0 fully saturated rings. The fraction of sp³-hybridized carbons (Fsp3) is 0.479. The second-order valence-electron chi connectivity index (χ2n) is 17.2. The molecule has 3 aromatic carbocycles. The van der Waals surface area contributed by atoms with Gasteiger partial charge in [0.05, 0.1) is 12.6 Å². The lowest BCUT2D eigenvalue weighted by Gasteiger charge is -2.43. The molecule has 0 spiro atoms. The highest BCUT2D eigenvalue weighted by Crippen LogP contribution is 2.37. The molecule has 4 rings (SSSR count). The average molecular weight is 870 g/mol. The number of ether oxygens (including phenoxy) is 1. The van der Waals surface area contributed by atoms with Gasteiger partial charge >= 0.3 is 5.97 Å². The van der Waals surface area contributed by atoms with Crippen molar-refractivity contribution < 1.29 is 28.3 Å². The van der Waals surface area contributed by atoms with Gasteiger partial charge in [-0.1, -0.05) is 153 Å². The number of nitrogens with zero attached hydrogens (tertiary/aromatic N) is 2. The molecule has 3 amide bonds. The van der Waals surface area contributed by atoms with Crippen molar-refractivity contribution in [1.82, 2.24) is 20.5 Å². The van der Waals surface area contributed by atoms with Crippen LogP contribution in [0.4, 0.5) is 0 Å². The smallest absolute Gasteiger partial charge is 0.303 e. The van der Waals surface area contributed by atoms with Crippen LogP contribution in [-0.2, 0) is 30.0 Å². The molecule has 1 aromatic heterocycles. The molecule has 5 atom stereocenters. The van der Waals surface area contributed by atoms with Gasteiger partial charge in [0.25, 0.3) is 14.2 Å². The molecule has 0 aliphatic carbocycles. The lowest BCUT2D eigenvalue weighted by atomic mass is 9.92. The van der Waals surface area contributed by atoms with Crippen molar-refractivity contribution in [2.24, 2.45) is 17.6 Å². The van der Waals surface area contributed by atoms with Crippen molar-refractivity contribution in [2.75, 3.05) is 19.7 Å². The molecule has 1 heterocycles. The van der Waals surface area contributed by atoms with E-state index in [-0.39, 0.29) is 66.4 Å². The fourth-order valence-corrected chi connectivity index (χ4v) is 13.2. The number of carbonyl (C=O) groups excluding carboxylic acids is 4. The third-order valence-corrected chi connectivity index (χ3v) is 17.3. The molecule has 0 bridgehead atoms. The van der Waals surface area contributed by atoms with E-state index >= 15 is 0 Å². The Morgan fingerprint density at radius 1 is 0.885 bits per heavy atom. The molecule has 0 aliphatic rings. The summed E-state index contributed by atoms with van der Waals surface area (Å²) in [5, 5.41) is 10.1. The van der Waals surface area contributed by atoms with Gasteiger partial charge in [0.1, 0.15) is 16.7 Å². The number of amides is 3. The van der Waals surface area contributed by atoms with Crippen molar-refractivity contribution in [3.63, 3.8) is 0 Å². The van der Waals surface area contributed by atoms with Crippen molar-refractivity contribution in [2.45, 2.75) is 117 Å². The Balaban J connectivity index is 1.54. The maximum absolute atomic E-state index is 14.0. The van der Waals surface area contributed by atoms with E-state index in [1.165, 1.54) is 18.3 Å². The predicted octanol–water partition coefficient (Wildman–Crippen LogP) is 6.81. The Labute approximate surface area is 368 Å². The van der Waals surface area contributed by atoms with Crippen LogP contribution in [0.5, 0.6) is 0 Å². The third-order valence-electron chi connectivity index (χ3n) is 11.3. The van der Waals surface area contributed by atoms with Gasteiger partial charge in [-0.25, -0.2) is 4.98 Å². The molecule has 0 saturated heterocycles. The summed E-state index contributed by atoms with van der Waals surface area (Å²) in [6.07, 6.45) is 1.21. The second kappa shape index (κ2) is 22.9. The van der Waals surface area contributed by atoms with E-state index in [0.29, 0.717) is 11.6 Å². The van der Waals surface area contributed by atoms with Gasteiger partial charge in [-0.05, 0) is 39.2 Å². The molecule has 0 unspecified atom stereocenters. The van der Waals surface area contributed by atoms with Crippen molar-refractivity contribution in [3.8, 4) is 0 Å². The Morgan fingerprint density at radius 2 is 1.46 bits per heavy atom. The molecule has 4 N–H and O–H groups in total. The number of hydrogen-bond acceptors (Lipinski definition) is 9. The predicted molar refractivity (Wildman–Crippen MR) is 247 cm³/mol. The summed E-state index contributed by atoms with van der Waals surface area (Å²) in [6.45, 7) is 19.0. The van der Waals surface area contributed by atoms with Gasteiger partial charge in [0.2, 0.25) is 11.8 Å². The highest BCUT2D eigenvalue weighted by Gasteiger charge is 2.50. The van der Waals surface area contributed by atoms with Gasteiger partial charge in [-0.3, -0.25) is 19.2 Å². The molecule has 0 aliphatic heterocycles. The van der Waals surface area contributed by atoms with Crippen molar-refractivity contribution in [1.29, 1.82) is 0 Å². The lowest BCUT2D eigenvalue weighted by Crippen LogP contribution is -2.67. The summed E-state index contributed by atoms with van der Waals surface area (Å²) in [7, 11) is -2.83. The fourth-order valence-electron chi connectivity index (χ4n) is 7.84. The number of hydrogen-bond donors (Lipinski definition) is 3. The second-order valence-corrected chi connectivity index (χ2v) is 22.4. The number of thiazole rings is 1. The highest BCUT2D eigenvalue weighted by atomic mass is 32.1. The van der Waals surface area contributed by atoms with Gasteiger partial charge in [-0.15, -0.1) is 11.3 Å². The zero-order valence-electron chi connectivity index (χ0n) is 37.5. The first-order valence-corrected chi connectivity index (χ1v) is 24.4. The summed E-state index contributed by atoms with van der Waals surface area (Å²) in [6, 6.07) is 28.3. The normalized spacial score (nSPS) is 14.3. The summed E-state index contributed by atoms with van der Waals surface area (Å²) in [5.74, 6) is -1.52. The van der Waals surface area contributed by atoms with E-state index in [1.54, 1.807) is 5.38 Å². The average Bonchev–Trinajstić information content (AvgIpc) is 3.74. The minimum absolute atomic E-state index is 0.000950. The van der Waals surface area contributed by atoms with Crippen LogP contribution in [0.2, 0.25) is 5.04 Å². The highest BCUT2D eigenvalue weighted by molar-refractivity contribution is 7.09. The Hall–Kier alpha value is -4.69. The number of rotatable bonds is 22. The summed E-state index contributed by atoms with van der Waals surface area (Å²) < 4.78 is 12.8. The summed E-state index contributed by atoms with van der Waals surface area (Å²) in [4.78, 5) is 60.6. The van der Waals surface area contributed by atoms with E-state index < -0.39 is 38.4 Å². The SMILES string of the molecule is CCCN(C(=O)[C@@H](N)[C@@H](C)CC)[C@H](C[C@@H](OC(C)=O)c1nc(C(=O)N[C@@H](Cc2ccccc2)C(=O)NCCO[Si](c2ccccc2)(c2ccccc2)C(C)(C)C)cs1)C(C)C. The van der Waals surface area contributed by atoms with Crippen LogP contribution in [0.25, 0.3) is 0 Å². The molecular weight excluding hydrogens is 803 g/mol. The number of carbonyl (C=O) groups is 4. The summed E-state index contributed by atoms with van der Waals surface area (Å²) >= 11 is 1.20. The van der Waals surface area contributed by atoms with Crippen LogP contribution in [0, 0.1) is 11.8 Å². The maximum atomic E-state index is 14.0. The molecule has 13 heteroatoms. The van der Waals surface area contributed by atoms with E-state index in [4.69, 9.17) is 14.9 Å². The zero-order chi connectivity index (χ0) is 44.7. The molecule has 0 saturated carbocycles. The van der Waals surface area contributed by atoms with E-state index in [2.05, 4.69) is 60.7 Å². The maximum Gasteiger partial charge on any atom is 0.303 e. The van der Waals surface area contributed by atoms with Gasteiger partial charge in [0, 0.05) is 44.3 Å². The van der Waals surface area contributed by atoms with E-state index in [0.717, 1.165) is 28.8 Å². The Bertz CT molecular complexity index is 1950. The largest absolute Gasteiger partial charge is 0.455 e. The number of nitrogens with two attached hydrogens (primary N) is 1. The molecule has 61 heavy (non-hydrogen) atoms. The zero-order valence-corrected chi connectivity index (χ0v) is 39.3. The van der Waals surface area contributed by atoms with Gasteiger partial charge in [-0.2, -0.15) is 0 Å². The van der Waals surface area contributed by atoms with Crippen molar-refractivity contribution >= 4 is 53.7 Å². The third kappa shape index (κ3) is 12.9. The van der Waals surface area contributed by atoms with Gasteiger partial charge < -0.3 is 30.4 Å². The topological polar surface area (TPSA) is 153 Å². The van der Waals surface area contributed by atoms with Crippen LogP contribution in [0.15, 0.2) is 96.4 Å². The van der Waals surface area contributed by atoms with Crippen LogP contribution >= 0.6 is 11.3 Å². The number of esters is 1. The molecule has 330 valence electrons. The quantitative estimate of drug-likeness (QED) is 0.0443. The first-order chi connectivity index (χ1) is 29.0. The molecule has 0 radical (unpaired) electrons. The standard InChI is InChI=1S/C48H67N5O6SSi/c1-10-28-53(47(57)43(49)34(5)11-2)41(33(3)4)31-42(59-35(6)54)46-52-40(32-60-46)45(56)51-39(30-36-21-15-12-16-22-36)44(55)50-27-29-58-61(48(7,8)9,37-23-17-13-18-24-37)38-25-19-14-20-26-38/h12-26,32-34,39,41-43H,10-11,27-31,49H2,1-9H3,(H,50,55)(H,51,56)/t34-,39-,41+,42+,43-/m0/s1. The minimum Gasteiger partial charge on any atom is -0.455 e. The first-order valence-electron chi connectivity index (χ1n) is 21.6. The van der Waals surface area contributed by atoms with Crippen LogP contribution in [-0.4, -0.2) is 79.7 Å². The number of aromatic nitrogens is 1. The molecular formula is C48H67N5O6SSi. The monoisotopic (exact) mass is 869 g/mol.